The first kappa shape index (κ1) is 21.2. The van der Waals surface area contributed by atoms with Crippen LogP contribution in [-0.4, -0.2) is 45.9 Å². The second-order valence-electron chi connectivity index (χ2n) is 8.05. The van der Waals surface area contributed by atoms with E-state index in [1.165, 1.54) is 19.1 Å². The average Bonchev–Trinajstić information content (AvgIpc) is 3.35. The molecule has 1 aliphatic rings. The molecule has 0 atom stereocenters. The van der Waals surface area contributed by atoms with Crippen LogP contribution in [0.1, 0.15) is 54.9 Å². The van der Waals surface area contributed by atoms with E-state index in [-0.39, 0.29) is 11.8 Å². The summed E-state index contributed by atoms with van der Waals surface area (Å²) in [5.74, 6) is 1.30. The summed E-state index contributed by atoms with van der Waals surface area (Å²) in [5.41, 5.74) is 2.00. The lowest BCUT2D eigenvalue weighted by molar-refractivity contribution is -0.131. The summed E-state index contributed by atoms with van der Waals surface area (Å²) in [6.45, 7) is 2.93. The zero-order chi connectivity index (χ0) is 21.5. The van der Waals surface area contributed by atoms with Crippen molar-refractivity contribution >= 4 is 22.8 Å². The molecule has 0 saturated carbocycles. The molecule has 1 N–H and O–H groups in total. The summed E-state index contributed by atoms with van der Waals surface area (Å²) in [4.78, 5) is 31.6. The minimum atomic E-state index is -0.207. The van der Waals surface area contributed by atoms with Gasteiger partial charge in [0, 0.05) is 39.0 Å². The van der Waals surface area contributed by atoms with Gasteiger partial charge in [-0.25, -0.2) is 4.98 Å². The molecule has 0 aliphatic carbocycles. The number of imidazole rings is 1. The Morgan fingerprint density at radius 3 is 2.61 bits per heavy atom. The second-order valence-corrected chi connectivity index (χ2v) is 8.05. The van der Waals surface area contributed by atoms with Crippen LogP contribution in [-0.2, 0) is 17.8 Å². The molecule has 1 aromatic carbocycles. The van der Waals surface area contributed by atoms with Gasteiger partial charge in [0.05, 0.1) is 17.3 Å². The molecule has 4 rings (SSSR count). The summed E-state index contributed by atoms with van der Waals surface area (Å²) in [7, 11) is 0. The number of carbonyl (C=O) groups excluding carboxylic acids is 2. The van der Waals surface area contributed by atoms with Crippen molar-refractivity contribution in [3.63, 3.8) is 0 Å². The van der Waals surface area contributed by atoms with Gasteiger partial charge in [-0.05, 0) is 43.5 Å². The Morgan fingerprint density at radius 1 is 1.03 bits per heavy atom. The number of fused-ring (bicyclic) bond motifs is 1. The molecule has 1 aliphatic heterocycles. The minimum absolute atomic E-state index is 0.207. The van der Waals surface area contributed by atoms with Crippen LogP contribution in [0.15, 0.2) is 47.1 Å². The Morgan fingerprint density at radius 2 is 1.84 bits per heavy atom. The van der Waals surface area contributed by atoms with Crippen LogP contribution in [0.25, 0.3) is 11.0 Å². The van der Waals surface area contributed by atoms with Crippen LogP contribution in [0.5, 0.6) is 0 Å². The van der Waals surface area contributed by atoms with Crippen molar-refractivity contribution in [1.82, 2.24) is 19.8 Å². The van der Waals surface area contributed by atoms with Crippen molar-refractivity contribution in [2.24, 2.45) is 0 Å². The van der Waals surface area contributed by atoms with Crippen LogP contribution >= 0.6 is 0 Å². The summed E-state index contributed by atoms with van der Waals surface area (Å²) >= 11 is 0. The highest BCUT2D eigenvalue weighted by molar-refractivity contribution is 5.91. The Bertz CT molecular complexity index is 1000. The van der Waals surface area contributed by atoms with Gasteiger partial charge in [-0.3, -0.25) is 9.59 Å². The van der Waals surface area contributed by atoms with Gasteiger partial charge < -0.3 is 19.2 Å². The summed E-state index contributed by atoms with van der Waals surface area (Å²) in [6.07, 6.45) is 8.12. The average molecular weight is 423 g/mol. The largest absolute Gasteiger partial charge is 0.459 e. The molecule has 0 bridgehead atoms. The minimum Gasteiger partial charge on any atom is -0.459 e. The SMILES string of the molecule is O=C(NCCCc1nc2ccccc2n1CCC(=O)N1CCCCCC1)c1ccco1. The maximum absolute atomic E-state index is 12.8. The molecule has 164 valence electrons. The smallest absolute Gasteiger partial charge is 0.286 e. The highest BCUT2D eigenvalue weighted by Gasteiger charge is 2.17. The molecule has 0 radical (unpaired) electrons. The van der Waals surface area contributed by atoms with Crippen molar-refractivity contribution in [3.05, 3.63) is 54.2 Å². The van der Waals surface area contributed by atoms with E-state index < -0.39 is 0 Å². The number of aromatic nitrogens is 2. The first-order chi connectivity index (χ1) is 15.2. The number of rotatable bonds is 8. The van der Waals surface area contributed by atoms with E-state index in [1.54, 1.807) is 12.1 Å². The lowest BCUT2D eigenvalue weighted by Crippen LogP contribution is -2.32. The topological polar surface area (TPSA) is 80.4 Å². The quantitative estimate of drug-likeness (QED) is 0.560. The van der Waals surface area contributed by atoms with Crippen LogP contribution in [0.4, 0.5) is 0 Å². The highest BCUT2D eigenvalue weighted by Crippen LogP contribution is 2.19. The fourth-order valence-corrected chi connectivity index (χ4v) is 4.19. The molecule has 3 heterocycles. The van der Waals surface area contributed by atoms with E-state index in [0.717, 1.165) is 55.6 Å². The molecule has 1 fully saturated rings. The third-order valence-electron chi connectivity index (χ3n) is 5.85. The fraction of sp³-hybridized carbons (Fsp3) is 0.458. The normalized spacial score (nSPS) is 14.5. The van der Waals surface area contributed by atoms with Crippen molar-refractivity contribution in [3.8, 4) is 0 Å². The number of likely N-dealkylation sites (tertiary alicyclic amines) is 1. The first-order valence-corrected chi connectivity index (χ1v) is 11.3. The predicted molar refractivity (Wildman–Crippen MR) is 119 cm³/mol. The Balaban J connectivity index is 1.37. The summed E-state index contributed by atoms with van der Waals surface area (Å²) < 4.78 is 7.28. The zero-order valence-electron chi connectivity index (χ0n) is 17.9. The number of amides is 2. The van der Waals surface area contributed by atoms with Crippen molar-refractivity contribution in [2.45, 2.75) is 51.5 Å². The molecule has 7 heteroatoms. The molecule has 2 amide bonds. The van der Waals surface area contributed by atoms with E-state index in [4.69, 9.17) is 9.40 Å². The number of furan rings is 1. The Hall–Kier alpha value is -3.09. The number of nitrogens with one attached hydrogen (secondary N) is 1. The third-order valence-corrected chi connectivity index (χ3v) is 5.85. The molecule has 0 spiro atoms. The highest BCUT2D eigenvalue weighted by atomic mass is 16.3. The Kier molecular flexibility index (Phi) is 7.02. The van der Waals surface area contributed by atoms with E-state index in [1.807, 2.05) is 23.1 Å². The lowest BCUT2D eigenvalue weighted by Gasteiger charge is -2.20. The number of hydrogen-bond acceptors (Lipinski definition) is 4. The van der Waals surface area contributed by atoms with Gasteiger partial charge in [-0.1, -0.05) is 25.0 Å². The molecule has 3 aromatic rings. The second kappa shape index (κ2) is 10.3. The molecule has 31 heavy (non-hydrogen) atoms. The van der Waals surface area contributed by atoms with Crippen LogP contribution < -0.4 is 5.32 Å². The van der Waals surface area contributed by atoms with Gasteiger partial charge in [-0.15, -0.1) is 0 Å². The van der Waals surface area contributed by atoms with Gasteiger partial charge in [0.25, 0.3) is 5.91 Å². The number of nitrogens with zero attached hydrogens (tertiary/aromatic N) is 3. The van der Waals surface area contributed by atoms with E-state index in [2.05, 4.69) is 16.0 Å². The summed E-state index contributed by atoms with van der Waals surface area (Å²) in [6, 6.07) is 11.4. The molecule has 7 nitrogen and oxygen atoms in total. The van der Waals surface area contributed by atoms with Crippen LogP contribution in [0.2, 0.25) is 0 Å². The van der Waals surface area contributed by atoms with Crippen molar-refractivity contribution in [1.29, 1.82) is 0 Å². The third kappa shape index (κ3) is 5.34. The van der Waals surface area contributed by atoms with E-state index in [0.29, 0.717) is 25.3 Å². The van der Waals surface area contributed by atoms with Crippen molar-refractivity contribution < 1.29 is 14.0 Å². The van der Waals surface area contributed by atoms with Gasteiger partial charge in [-0.2, -0.15) is 0 Å². The maximum Gasteiger partial charge on any atom is 0.286 e. The van der Waals surface area contributed by atoms with Gasteiger partial charge in [0.15, 0.2) is 5.76 Å². The zero-order valence-corrected chi connectivity index (χ0v) is 17.9. The monoisotopic (exact) mass is 422 g/mol. The number of carbonyl (C=O) groups is 2. The number of aryl methyl sites for hydroxylation is 2. The maximum atomic E-state index is 12.8. The van der Waals surface area contributed by atoms with Gasteiger partial charge in [0.1, 0.15) is 5.82 Å². The molecular formula is C24H30N4O3. The fourth-order valence-electron chi connectivity index (χ4n) is 4.19. The van der Waals surface area contributed by atoms with Crippen molar-refractivity contribution in [2.75, 3.05) is 19.6 Å². The predicted octanol–water partition coefficient (Wildman–Crippen LogP) is 3.78. The molecule has 1 saturated heterocycles. The summed E-state index contributed by atoms with van der Waals surface area (Å²) in [5, 5.41) is 2.88. The standard InChI is InChI=1S/C24H30N4O3/c29-23(27-15-5-1-2-6-16-27)13-17-28-20-10-4-3-9-19(20)26-22(28)12-7-14-25-24(30)21-11-8-18-31-21/h3-4,8-11,18H,1-2,5-7,12-17H2,(H,25,30). The van der Waals surface area contributed by atoms with Crippen LogP contribution in [0, 0.1) is 0 Å². The number of benzene rings is 1. The lowest BCUT2D eigenvalue weighted by atomic mass is 10.2. The molecule has 2 aromatic heterocycles. The first-order valence-electron chi connectivity index (χ1n) is 11.3. The van der Waals surface area contributed by atoms with Gasteiger partial charge in [0.2, 0.25) is 5.91 Å². The Labute approximate surface area is 182 Å². The van der Waals surface area contributed by atoms with E-state index >= 15 is 0 Å². The van der Waals surface area contributed by atoms with Crippen LogP contribution in [0.3, 0.4) is 0 Å². The number of para-hydroxylation sites is 2. The molecular weight excluding hydrogens is 392 g/mol. The van der Waals surface area contributed by atoms with Gasteiger partial charge >= 0.3 is 0 Å². The molecule has 0 unspecified atom stereocenters. The number of hydrogen-bond donors (Lipinski definition) is 1. The van der Waals surface area contributed by atoms with E-state index in [9.17, 15) is 9.59 Å².